The van der Waals surface area contributed by atoms with E-state index >= 15 is 0 Å². The molecule has 0 radical (unpaired) electrons. The normalized spacial score (nSPS) is 10.1. The number of hydrogen-bond acceptors (Lipinski definition) is 3. The van der Waals surface area contributed by atoms with Crippen molar-refractivity contribution in [1.82, 2.24) is 10.3 Å². The van der Waals surface area contributed by atoms with E-state index in [2.05, 4.69) is 10.3 Å². The molecule has 4 nitrogen and oxygen atoms in total. The second kappa shape index (κ2) is 4.81. The Bertz CT molecular complexity index is 482. The predicted molar refractivity (Wildman–Crippen MR) is 59.1 cm³/mol. The van der Waals surface area contributed by atoms with Gasteiger partial charge in [-0.05, 0) is 12.1 Å². The molecule has 0 spiro atoms. The summed E-state index contributed by atoms with van der Waals surface area (Å²) in [6.45, 7) is 0.403. The molecule has 2 heterocycles. The zero-order valence-electron chi connectivity index (χ0n) is 8.31. The minimum absolute atomic E-state index is 0.251. The lowest BCUT2D eigenvalue weighted by Gasteiger charge is -2.04. The molecule has 0 bridgehead atoms. The maximum atomic E-state index is 11.7. The summed E-state index contributed by atoms with van der Waals surface area (Å²) < 4.78 is 4.89. The number of nitrogens with zero attached hydrogens (tertiary/aromatic N) is 1. The molecule has 0 fully saturated rings. The van der Waals surface area contributed by atoms with Gasteiger partial charge in [0.05, 0.1) is 23.1 Å². The SMILES string of the molecule is O=C(NCc1ccoc1)c1cnccc1Cl. The molecule has 0 saturated carbocycles. The van der Waals surface area contributed by atoms with Crippen molar-refractivity contribution >= 4 is 17.5 Å². The van der Waals surface area contributed by atoms with Gasteiger partial charge in [-0.2, -0.15) is 0 Å². The molecule has 16 heavy (non-hydrogen) atoms. The highest BCUT2D eigenvalue weighted by Gasteiger charge is 2.09. The number of amides is 1. The van der Waals surface area contributed by atoms with Gasteiger partial charge in [0.2, 0.25) is 0 Å². The molecule has 1 N–H and O–H groups in total. The monoisotopic (exact) mass is 236 g/mol. The van der Waals surface area contributed by atoms with E-state index in [1.807, 2.05) is 0 Å². The number of rotatable bonds is 3. The Kier molecular flexibility index (Phi) is 3.22. The van der Waals surface area contributed by atoms with Gasteiger partial charge in [0.1, 0.15) is 0 Å². The second-order valence-electron chi connectivity index (χ2n) is 3.17. The van der Waals surface area contributed by atoms with Crippen molar-refractivity contribution in [1.29, 1.82) is 0 Å². The Hall–Kier alpha value is -1.81. The van der Waals surface area contributed by atoms with E-state index in [1.165, 1.54) is 12.4 Å². The molecule has 2 aromatic rings. The topological polar surface area (TPSA) is 55.1 Å². The van der Waals surface area contributed by atoms with Crippen LogP contribution in [0.3, 0.4) is 0 Å². The van der Waals surface area contributed by atoms with E-state index in [4.69, 9.17) is 16.0 Å². The van der Waals surface area contributed by atoms with Gasteiger partial charge in [-0.25, -0.2) is 0 Å². The van der Waals surface area contributed by atoms with Crippen LogP contribution in [0.2, 0.25) is 5.02 Å². The average Bonchev–Trinajstić information content (AvgIpc) is 2.79. The fraction of sp³-hybridized carbons (Fsp3) is 0.0909. The van der Waals surface area contributed by atoms with Crippen molar-refractivity contribution in [2.24, 2.45) is 0 Å². The van der Waals surface area contributed by atoms with E-state index < -0.39 is 0 Å². The molecular formula is C11H9ClN2O2. The minimum atomic E-state index is -0.251. The van der Waals surface area contributed by atoms with Gasteiger partial charge >= 0.3 is 0 Å². The van der Waals surface area contributed by atoms with Gasteiger partial charge in [-0.15, -0.1) is 0 Å². The van der Waals surface area contributed by atoms with Crippen molar-refractivity contribution in [2.45, 2.75) is 6.54 Å². The Morgan fingerprint density at radius 2 is 2.38 bits per heavy atom. The lowest BCUT2D eigenvalue weighted by molar-refractivity contribution is 0.0950. The fourth-order valence-electron chi connectivity index (χ4n) is 1.22. The number of carbonyl (C=O) groups is 1. The standard InChI is InChI=1S/C11H9ClN2O2/c12-10-1-3-13-6-9(10)11(15)14-5-8-2-4-16-7-8/h1-4,6-7H,5H2,(H,14,15). The maximum Gasteiger partial charge on any atom is 0.254 e. The summed E-state index contributed by atoms with van der Waals surface area (Å²) in [5.41, 5.74) is 1.26. The molecule has 0 aromatic carbocycles. The number of halogens is 1. The first-order valence-electron chi connectivity index (χ1n) is 4.66. The van der Waals surface area contributed by atoms with Gasteiger partial charge in [-0.1, -0.05) is 11.6 Å². The van der Waals surface area contributed by atoms with E-state index in [0.717, 1.165) is 5.56 Å². The van der Waals surface area contributed by atoms with Crippen LogP contribution < -0.4 is 5.32 Å². The minimum Gasteiger partial charge on any atom is -0.472 e. The summed E-state index contributed by atoms with van der Waals surface area (Å²) in [6.07, 6.45) is 6.10. The van der Waals surface area contributed by atoms with Gasteiger partial charge in [-0.3, -0.25) is 9.78 Å². The van der Waals surface area contributed by atoms with E-state index in [0.29, 0.717) is 17.1 Å². The van der Waals surface area contributed by atoms with E-state index in [-0.39, 0.29) is 5.91 Å². The average molecular weight is 237 g/mol. The molecule has 0 aliphatic carbocycles. The molecule has 5 heteroatoms. The van der Waals surface area contributed by atoms with Gasteiger partial charge < -0.3 is 9.73 Å². The van der Waals surface area contributed by atoms with Crippen LogP contribution in [-0.4, -0.2) is 10.9 Å². The highest BCUT2D eigenvalue weighted by Crippen LogP contribution is 2.13. The number of furan rings is 1. The predicted octanol–water partition coefficient (Wildman–Crippen LogP) is 2.26. The van der Waals surface area contributed by atoms with Crippen LogP contribution in [-0.2, 0) is 6.54 Å². The van der Waals surface area contributed by atoms with Crippen molar-refractivity contribution in [3.05, 3.63) is 53.2 Å². The molecule has 0 aliphatic heterocycles. The Morgan fingerprint density at radius 3 is 3.06 bits per heavy atom. The number of pyridine rings is 1. The van der Waals surface area contributed by atoms with Crippen LogP contribution in [0.5, 0.6) is 0 Å². The van der Waals surface area contributed by atoms with Crippen LogP contribution in [0.15, 0.2) is 41.5 Å². The summed E-state index contributed by atoms with van der Waals surface area (Å²) in [7, 11) is 0. The van der Waals surface area contributed by atoms with Crippen molar-refractivity contribution < 1.29 is 9.21 Å². The Morgan fingerprint density at radius 1 is 1.50 bits per heavy atom. The summed E-state index contributed by atoms with van der Waals surface area (Å²) >= 11 is 5.86. The van der Waals surface area contributed by atoms with Crippen LogP contribution in [0.4, 0.5) is 0 Å². The number of hydrogen-bond donors (Lipinski definition) is 1. The molecule has 2 rings (SSSR count). The second-order valence-corrected chi connectivity index (χ2v) is 3.58. The van der Waals surface area contributed by atoms with Crippen molar-refractivity contribution in [3.8, 4) is 0 Å². The molecule has 1 amide bonds. The molecule has 0 aliphatic rings. The van der Waals surface area contributed by atoms with Gasteiger partial charge in [0.15, 0.2) is 0 Å². The highest BCUT2D eigenvalue weighted by atomic mass is 35.5. The Balaban J connectivity index is 2.01. The zero-order chi connectivity index (χ0) is 11.4. The van der Waals surface area contributed by atoms with Crippen molar-refractivity contribution in [2.75, 3.05) is 0 Å². The molecular weight excluding hydrogens is 228 g/mol. The maximum absolute atomic E-state index is 11.7. The lowest BCUT2D eigenvalue weighted by atomic mass is 10.2. The summed E-state index contributed by atoms with van der Waals surface area (Å²) in [5, 5.41) is 3.11. The summed E-state index contributed by atoms with van der Waals surface area (Å²) in [6, 6.07) is 3.36. The van der Waals surface area contributed by atoms with E-state index in [9.17, 15) is 4.79 Å². The first-order chi connectivity index (χ1) is 7.77. The number of carbonyl (C=O) groups excluding carboxylic acids is 1. The molecule has 0 unspecified atom stereocenters. The van der Waals surface area contributed by atoms with Crippen LogP contribution in [0.1, 0.15) is 15.9 Å². The number of nitrogens with one attached hydrogen (secondary N) is 1. The van der Waals surface area contributed by atoms with Crippen LogP contribution in [0.25, 0.3) is 0 Å². The fourth-order valence-corrected chi connectivity index (χ4v) is 1.41. The molecule has 0 saturated heterocycles. The smallest absolute Gasteiger partial charge is 0.254 e. The van der Waals surface area contributed by atoms with Crippen molar-refractivity contribution in [3.63, 3.8) is 0 Å². The molecule has 82 valence electrons. The lowest BCUT2D eigenvalue weighted by Crippen LogP contribution is -2.22. The van der Waals surface area contributed by atoms with Gasteiger partial charge in [0, 0.05) is 24.5 Å². The molecule has 0 atom stereocenters. The van der Waals surface area contributed by atoms with Crippen LogP contribution in [0, 0.1) is 0 Å². The van der Waals surface area contributed by atoms with Crippen LogP contribution >= 0.6 is 11.6 Å². The highest BCUT2D eigenvalue weighted by molar-refractivity contribution is 6.33. The third-order valence-corrected chi connectivity index (χ3v) is 2.38. The first kappa shape index (κ1) is 10.7. The third-order valence-electron chi connectivity index (χ3n) is 2.05. The third kappa shape index (κ3) is 2.41. The number of aromatic nitrogens is 1. The summed E-state index contributed by atoms with van der Waals surface area (Å²) in [4.78, 5) is 15.5. The quantitative estimate of drug-likeness (QED) is 0.889. The van der Waals surface area contributed by atoms with E-state index in [1.54, 1.807) is 24.7 Å². The Labute approximate surface area is 97.2 Å². The largest absolute Gasteiger partial charge is 0.472 e. The summed E-state index contributed by atoms with van der Waals surface area (Å²) in [5.74, 6) is -0.251. The molecule has 2 aromatic heterocycles. The first-order valence-corrected chi connectivity index (χ1v) is 5.04. The zero-order valence-corrected chi connectivity index (χ0v) is 9.07. The van der Waals surface area contributed by atoms with Gasteiger partial charge in [0.25, 0.3) is 5.91 Å².